The van der Waals surface area contributed by atoms with Gasteiger partial charge in [0.25, 0.3) is 5.91 Å². The summed E-state index contributed by atoms with van der Waals surface area (Å²) in [7, 11) is 0. The summed E-state index contributed by atoms with van der Waals surface area (Å²) < 4.78 is 10.5. The van der Waals surface area contributed by atoms with Crippen molar-refractivity contribution in [3.05, 3.63) is 71.8 Å². The number of nitrogens with one attached hydrogen (secondary N) is 1. The Bertz CT molecular complexity index is 1030. The highest BCUT2D eigenvalue weighted by molar-refractivity contribution is 5.94. The molecule has 29 heavy (non-hydrogen) atoms. The molecule has 1 N–H and O–H groups in total. The first-order chi connectivity index (χ1) is 13.9. The number of fused-ring (bicyclic) bond motifs is 1. The summed E-state index contributed by atoms with van der Waals surface area (Å²) in [6.45, 7) is 5.45. The highest BCUT2D eigenvalue weighted by Crippen LogP contribution is 2.27. The van der Waals surface area contributed by atoms with E-state index in [1.165, 1.54) is 0 Å². The maximum atomic E-state index is 12.2. The molecule has 5 heteroatoms. The van der Waals surface area contributed by atoms with Crippen molar-refractivity contribution in [2.75, 3.05) is 18.5 Å². The Kier molecular flexibility index (Phi) is 6.50. The number of hydrogen-bond acceptors (Lipinski definition) is 4. The Balaban J connectivity index is 1.51. The van der Waals surface area contributed by atoms with Crippen LogP contribution in [0, 0.1) is 6.92 Å². The lowest BCUT2D eigenvalue weighted by Crippen LogP contribution is -2.24. The topological polar surface area (TPSA) is 64.6 Å². The highest BCUT2D eigenvalue weighted by atomic mass is 16.6. The molecule has 0 spiro atoms. The lowest BCUT2D eigenvalue weighted by atomic mass is 9.98. The van der Waals surface area contributed by atoms with Crippen LogP contribution >= 0.6 is 0 Å². The van der Waals surface area contributed by atoms with Gasteiger partial charge in [-0.2, -0.15) is 0 Å². The molecule has 0 aliphatic rings. The van der Waals surface area contributed by atoms with Crippen LogP contribution in [0.25, 0.3) is 10.8 Å². The Labute approximate surface area is 170 Å². The molecule has 0 fully saturated rings. The van der Waals surface area contributed by atoms with E-state index in [0.29, 0.717) is 5.75 Å². The van der Waals surface area contributed by atoms with E-state index in [0.717, 1.165) is 27.6 Å². The third kappa shape index (κ3) is 5.35. The molecule has 0 saturated carbocycles. The van der Waals surface area contributed by atoms with Crippen molar-refractivity contribution >= 4 is 28.3 Å². The molecular formula is C24H25NO4. The number of carbonyl (C=O) groups excluding carboxylic acids is 2. The van der Waals surface area contributed by atoms with E-state index in [2.05, 4.69) is 19.2 Å². The van der Waals surface area contributed by atoms with Crippen LogP contribution in [-0.2, 0) is 14.3 Å². The van der Waals surface area contributed by atoms with Crippen LogP contribution in [0.5, 0.6) is 5.75 Å². The number of carbonyl (C=O) groups is 2. The maximum absolute atomic E-state index is 12.2. The van der Waals surface area contributed by atoms with Gasteiger partial charge in [-0.1, -0.05) is 62.4 Å². The standard InChI is InChI=1S/C24H25NO4/c1-16(2)21-10-6-7-17(3)24(21)25-22(26)14-29-23(27)15-28-20-12-11-18-8-4-5-9-19(18)13-20/h4-13,16H,14-15H2,1-3H3,(H,25,26). The van der Waals surface area contributed by atoms with Crippen molar-refractivity contribution in [1.82, 2.24) is 0 Å². The minimum absolute atomic E-state index is 0.257. The summed E-state index contributed by atoms with van der Waals surface area (Å²) in [5.74, 6) is -0.128. The summed E-state index contributed by atoms with van der Waals surface area (Å²) in [5, 5.41) is 4.97. The van der Waals surface area contributed by atoms with Crippen molar-refractivity contribution in [2.45, 2.75) is 26.7 Å². The number of anilines is 1. The van der Waals surface area contributed by atoms with Gasteiger partial charge in [0.1, 0.15) is 5.75 Å². The van der Waals surface area contributed by atoms with Crippen molar-refractivity contribution in [3.63, 3.8) is 0 Å². The zero-order chi connectivity index (χ0) is 20.8. The summed E-state index contributed by atoms with van der Waals surface area (Å²) in [6.07, 6.45) is 0. The van der Waals surface area contributed by atoms with E-state index < -0.39 is 5.97 Å². The van der Waals surface area contributed by atoms with Crippen LogP contribution < -0.4 is 10.1 Å². The number of benzene rings is 3. The Hall–Kier alpha value is -3.34. The number of amides is 1. The second kappa shape index (κ2) is 9.24. The van der Waals surface area contributed by atoms with E-state index in [1.54, 1.807) is 6.07 Å². The fourth-order valence-corrected chi connectivity index (χ4v) is 3.10. The van der Waals surface area contributed by atoms with Crippen LogP contribution in [0.2, 0.25) is 0 Å². The van der Waals surface area contributed by atoms with Gasteiger partial charge in [0.2, 0.25) is 0 Å². The van der Waals surface area contributed by atoms with Crippen LogP contribution in [0.3, 0.4) is 0 Å². The number of esters is 1. The third-order valence-corrected chi connectivity index (χ3v) is 4.63. The van der Waals surface area contributed by atoms with E-state index in [9.17, 15) is 9.59 Å². The minimum Gasteiger partial charge on any atom is -0.482 e. The molecule has 150 valence electrons. The van der Waals surface area contributed by atoms with Crippen molar-refractivity contribution in [2.24, 2.45) is 0 Å². The summed E-state index contributed by atoms with van der Waals surface area (Å²) >= 11 is 0. The fourth-order valence-electron chi connectivity index (χ4n) is 3.10. The minimum atomic E-state index is -0.595. The van der Waals surface area contributed by atoms with Gasteiger partial charge in [0.05, 0.1) is 0 Å². The van der Waals surface area contributed by atoms with Gasteiger partial charge in [-0.05, 0) is 46.9 Å². The molecule has 3 rings (SSSR count). The Morgan fingerprint density at radius 3 is 2.45 bits per heavy atom. The average Bonchev–Trinajstić information content (AvgIpc) is 2.71. The second-order valence-corrected chi connectivity index (χ2v) is 7.20. The van der Waals surface area contributed by atoms with Gasteiger partial charge in [-0.25, -0.2) is 4.79 Å². The number of aryl methyl sites for hydroxylation is 1. The van der Waals surface area contributed by atoms with Crippen LogP contribution in [0.15, 0.2) is 60.7 Å². The van der Waals surface area contributed by atoms with E-state index in [-0.39, 0.29) is 25.0 Å². The van der Waals surface area contributed by atoms with Gasteiger partial charge in [-0.3, -0.25) is 4.79 Å². The normalized spacial score (nSPS) is 10.8. The summed E-state index contributed by atoms with van der Waals surface area (Å²) in [4.78, 5) is 24.2. The zero-order valence-electron chi connectivity index (χ0n) is 16.9. The predicted octanol–water partition coefficient (Wildman–Crippen LogP) is 4.83. The SMILES string of the molecule is Cc1cccc(C(C)C)c1NC(=O)COC(=O)COc1ccc2ccccc2c1. The van der Waals surface area contributed by atoms with Gasteiger partial charge < -0.3 is 14.8 Å². The summed E-state index contributed by atoms with van der Waals surface area (Å²) in [5.41, 5.74) is 2.79. The molecule has 3 aromatic rings. The van der Waals surface area contributed by atoms with Crippen molar-refractivity contribution in [3.8, 4) is 5.75 Å². The molecule has 0 heterocycles. The molecule has 0 saturated heterocycles. The first-order valence-corrected chi connectivity index (χ1v) is 9.60. The summed E-state index contributed by atoms with van der Waals surface area (Å²) in [6, 6.07) is 19.4. The molecule has 0 aliphatic heterocycles. The molecule has 0 aliphatic carbocycles. The van der Waals surface area contributed by atoms with Crippen molar-refractivity contribution < 1.29 is 19.1 Å². The lowest BCUT2D eigenvalue weighted by molar-refractivity contribution is -0.149. The Morgan fingerprint density at radius 2 is 1.69 bits per heavy atom. The van der Waals surface area contributed by atoms with Gasteiger partial charge in [0, 0.05) is 5.69 Å². The van der Waals surface area contributed by atoms with Gasteiger partial charge in [-0.15, -0.1) is 0 Å². The van der Waals surface area contributed by atoms with E-state index in [1.807, 2.05) is 61.5 Å². The smallest absolute Gasteiger partial charge is 0.344 e. The number of para-hydroxylation sites is 1. The molecule has 0 aromatic heterocycles. The molecular weight excluding hydrogens is 366 g/mol. The third-order valence-electron chi connectivity index (χ3n) is 4.63. The van der Waals surface area contributed by atoms with Gasteiger partial charge >= 0.3 is 5.97 Å². The number of rotatable bonds is 7. The quantitative estimate of drug-likeness (QED) is 0.586. The largest absolute Gasteiger partial charge is 0.482 e. The lowest BCUT2D eigenvalue weighted by Gasteiger charge is -2.16. The van der Waals surface area contributed by atoms with Crippen LogP contribution in [0.4, 0.5) is 5.69 Å². The van der Waals surface area contributed by atoms with Crippen LogP contribution in [-0.4, -0.2) is 25.1 Å². The maximum Gasteiger partial charge on any atom is 0.344 e. The molecule has 0 radical (unpaired) electrons. The van der Waals surface area contributed by atoms with E-state index >= 15 is 0 Å². The van der Waals surface area contributed by atoms with Crippen LogP contribution in [0.1, 0.15) is 30.9 Å². The molecule has 0 atom stereocenters. The number of ether oxygens (including phenoxy) is 2. The molecule has 5 nitrogen and oxygen atoms in total. The zero-order valence-corrected chi connectivity index (χ0v) is 16.9. The molecule has 0 bridgehead atoms. The molecule has 1 amide bonds. The predicted molar refractivity (Wildman–Crippen MR) is 114 cm³/mol. The molecule has 0 unspecified atom stereocenters. The first kappa shape index (κ1) is 20.4. The monoisotopic (exact) mass is 391 g/mol. The van der Waals surface area contributed by atoms with E-state index in [4.69, 9.17) is 9.47 Å². The second-order valence-electron chi connectivity index (χ2n) is 7.20. The highest BCUT2D eigenvalue weighted by Gasteiger charge is 2.14. The first-order valence-electron chi connectivity index (χ1n) is 9.60. The number of hydrogen-bond donors (Lipinski definition) is 1. The van der Waals surface area contributed by atoms with Crippen molar-refractivity contribution in [1.29, 1.82) is 0 Å². The fraction of sp³-hybridized carbons (Fsp3) is 0.250. The Morgan fingerprint density at radius 1 is 0.931 bits per heavy atom. The average molecular weight is 391 g/mol. The van der Waals surface area contributed by atoms with Gasteiger partial charge in [0.15, 0.2) is 13.2 Å². The molecule has 3 aromatic carbocycles.